The molecule has 0 atom stereocenters. The van der Waals surface area contributed by atoms with Crippen molar-refractivity contribution in [2.24, 2.45) is 5.11 Å². The number of hydrogen-bond donors (Lipinski definition) is 1. The lowest BCUT2D eigenvalue weighted by Crippen LogP contribution is -2.25. The Hall–Kier alpha value is -1.27. The van der Waals surface area contributed by atoms with Crippen molar-refractivity contribution in [3.05, 3.63) is 10.4 Å². The standard InChI is InChI=1S/C2H4N4O3S/c1-10(8,9)5-2(7)4-6-3/h1H3,(H,5,7). The van der Waals surface area contributed by atoms with Crippen molar-refractivity contribution in [3.63, 3.8) is 0 Å². The third-order valence-electron chi connectivity index (χ3n) is 0.408. The van der Waals surface area contributed by atoms with Crippen LogP contribution in [0, 0.1) is 0 Å². The highest BCUT2D eigenvalue weighted by atomic mass is 32.2. The highest BCUT2D eigenvalue weighted by Crippen LogP contribution is 1.78. The average molecular weight is 164 g/mol. The number of urea groups is 1. The highest BCUT2D eigenvalue weighted by Gasteiger charge is 2.03. The molecule has 0 aliphatic heterocycles. The maximum atomic E-state index is 10.2. The number of sulfonamides is 1. The molecule has 0 bridgehead atoms. The molecule has 7 nitrogen and oxygen atoms in total. The Morgan fingerprint density at radius 1 is 1.70 bits per heavy atom. The Bertz CT molecular complexity index is 273. The molecule has 2 amide bonds. The van der Waals surface area contributed by atoms with E-state index in [1.54, 1.807) is 0 Å². The zero-order valence-electron chi connectivity index (χ0n) is 4.97. The van der Waals surface area contributed by atoms with Gasteiger partial charge < -0.3 is 0 Å². The predicted octanol–water partition coefficient (Wildman–Crippen LogP) is -0.0341. The van der Waals surface area contributed by atoms with Gasteiger partial charge in [-0.2, -0.15) is 0 Å². The first-order chi connectivity index (χ1) is 4.45. The van der Waals surface area contributed by atoms with Crippen molar-refractivity contribution >= 4 is 16.1 Å². The van der Waals surface area contributed by atoms with Gasteiger partial charge in [0.1, 0.15) is 0 Å². The molecule has 0 saturated carbocycles. The summed E-state index contributed by atoms with van der Waals surface area (Å²) in [4.78, 5) is 12.2. The second kappa shape index (κ2) is 3.04. The van der Waals surface area contributed by atoms with Gasteiger partial charge in [-0.25, -0.2) is 13.1 Å². The number of amides is 2. The summed E-state index contributed by atoms with van der Waals surface area (Å²) in [7, 11) is -3.61. The van der Waals surface area contributed by atoms with Gasteiger partial charge in [-0.15, -0.1) is 0 Å². The van der Waals surface area contributed by atoms with Crippen LogP contribution in [0.4, 0.5) is 4.79 Å². The summed E-state index contributed by atoms with van der Waals surface area (Å²) < 4.78 is 21.8. The third kappa shape index (κ3) is 4.88. The van der Waals surface area contributed by atoms with E-state index in [2.05, 4.69) is 10.0 Å². The van der Waals surface area contributed by atoms with Crippen molar-refractivity contribution in [1.82, 2.24) is 4.72 Å². The van der Waals surface area contributed by atoms with Crippen LogP contribution >= 0.6 is 0 Å². The average Bonchev–Trinajstić information content (AvgIpc) is 1.59. The van der Waals surface area contributed by atoms with Crippen LogP contribution in [-0.2, 0) is 10.0 Å². The zero-order chi connectivity index (χ0) is 8.20. The molecule has 0 aliphatic rings. The van der Waals surface area contributed by atoms with E-state index in [0.29, 0.717) is 0 Å². The predicted molar refractivity (Wildman–Crippen MR) is 32.5 cm³/mol. The van der Waals surface area contributed by atoms with Crippen LogP contribution in [0.1, 0.15) is 0 Å². The van der Waals surface area contributed by atoms with Crippen LogP contribution in [0.15, 0.2) is 5.11 Å². The molecule has 0 rings (SSSR count). The number of rotatable bonds is 1. The SMILES string of the molecule is CS(=O)(=O)NC(=O)N=[N+]=[N-]. The number of azide groups is 1. The van der Waals surface area contributed by atoms with E-state index >= 15 is 0 Å². The molecule has 0 aromatic carbocycles. The van der Waals surface area contributed by atoms with Gasteiger partial charge in [0.15, 0.2) is 0 Å². The number of nitrogens with one attached hydrogen (secondary N) is 1. The Labute approximate surface area is 56.7 Å². The highest BCUT2D eigenvalue weighted by molar-refractivity contribution is 7.89. The summed E-state index contributed by atoms with van der Waals surface area (Å²) in [6.45, 7) is 0. The van der Waals surface area contributed by atoms with E-state index in [-0.39, 0.29) is 0 Å². The summed E-state index contributed by atoms with van der Waals surface area (Å²) in [5.41, 5.74) is 7.64. The summed E-state index contributed by atoms with van der Waals surface area (Å²) in [5, 5.41) is 2.46. The Morgan fingerprint density at radius 3 is 2.50 bits per heavy atom. The minimum atomic E-state index is -3.61. The van der Waals surface area contributed by atoms with Crippen LogP contribution in [0.25, 0.3) is 10.4 Å². The molecule has 0 heterocycles. The first-order valence-corrected chi connectivity index (χ1v) is 3.91. The fraction of sp³-hybridized carbons (Fsp3) is 0.500. The molecule has 1 N–H and O–H groups in total. The van der Waals surface area contributed by atoms with Gasteiger partial charge >= 0.3 is 6.03 Å². The monoisotopic (exact) mass is 164 g/mol. The Balaban J connectivity index is 4.20. The minimum absolute atomic E-state index is 0.776. The van der Waals surface area contributed by atoms with E-state index in [1.807, 2.05) is 0 Å². The topological polar surface area (TPSA) is 112 Å². The molecular weight excluding hydrogens is 160 g/mol. The molecule has 0 saturated heterocycles. The maximum Gasteiger partial charge on any atom is 0.321 e. The molecule has 0 aromatic heterocycles. The van der Waals surface area contributed by atoms with Crippen molar-refractivity contribution in [2.75, 3.05) is 6.26 Å². The van der Waals surface area contributed by atoms with Crippen molar-refractivity contribution < 1.29 is 13.2 Å². The van der Waals surface area contributed by atoms with Gasteiger partial charge in [-0.3, -0.25) is 4.79 Å². The molecule has 8 heteroatoms. The smallest absolute Gasteiger partial charge is 0.267 e. The molecule has 10 heavy (non-hydrogen) atoms. The van der Waals surface area contributed by atoms with E-state index in [9.17, 15) is 13.2 Å². The fourth-order valence-corrected chi connectivity index (χ4v) is 0.578. The number of nitrogens with zero attached hydrogens (tertiary/aromatic N) is 3. The molecule has 0 aromatic rings. The van der Waals surface area contributed by atoms with Crippen LogP contribution in [0.5, 0.6) is 0 Å². The first-order valence-electron chi connectivity index (χ1n) is 2.02. The van der Waals surface area contributed by atoms with Crippen LogP contribution in [-0.4, -0.2) is 20.7 Å². The summed E-state index contributed by atoms with van der Waals surface area (Å²) >= 11 is 0. The van der Waals surface area contributed by atoms with Gasteiger partial charge in [0.25, 0.3) is 0 Å². The second-order valence-corrected chi connectivity index (χ2v) is 3.12. The fourth-order valence-electron chi connectivity index (χ4n) is 0.220. The van der Waals surface area contributed by atoms with Crippen molar-refractivity contribution in [3.8, 4) is 0 Å². The lowest BCUT2D eigenvalue weighted by molar-refractivity contribution is 0.253. The number of carbonyl (C=O) groups is 1. The van der Waals surface area contributed by atoms with Crippen LogP contribution in [0.3, 0.4) is 0 Å². The number of hydrogen-bond acceptors (Lipinski definition) is 3. The molecule has 0 radical (unpaired) electrons. The van der Waals surface area contributed by atoms with Crippen molar-refractivity contribution in [1.29, 1.82) is 0 Å². The summed E-state index contributed by atoms with van der Waals surface area (Å²) in [6.07, 6.45) is 0.776. The molecule has 0 spiro atoms. The Kier molecular flexibility index (Phi) is 2.65. The van der Waals surface area contributed by atoms with Gasteiger partial charge in [0.2, 0.25) is 10.0 Å². The minimum Gasteiger partial charge on any atom is -0.267 e. The molecular formula is C2H4N4O3S. The molecule has 56 valence electrons. The normalized spacial score (nSPS) is 9.70. The van der Waals surface area contributed by atoms with E-state index in [1.165, 1.54) is 4.72 Å². The lowest BCUT2D eigenvalue weighted by Gasteiger charge is -1.93. The zero-order valence-corrected chi connectivity index (χ0v) is 5.79. The van der Waals surface area contributed by atoms with Gasteiger partial charge in [0.05, 0.1) is 6.26 Å². The van der Waals surface area contributed by atoms with Crippen molar-refractivity contribution in [2.45, 2.75) is 0 Å². The largest absolute Gasteiger partial charge is 0.321 e. The van der Waals surface area contributed by atoms with E-state index in [4.69, 9.17) is 5.53 Å². The maximum absolute atomic E-state index is 10.2. The van der Waals surface area contributed by atoms with Crippen LogP contribution in [0.2, 0.25) is 0 Å². The number of carbonyl (C=O) groups excluding carboxylic acids is 1. The van der Waals surface area contributed by atoms with E-state index < -0.39 is 16.1 Å². The second-order valence-electron chi connectivity index (χ2n) is 1.37. The van der Waals surface area contributed by atoms with Gasteiger partial charge in [0, 0.05) is 10.0 Å². The summed E-state index contributed by atoms with van der Waals surface area (Å²) in [6, 6.07) is -1.23. The Morgan fingerprint density at radius 2 is 2.20 bits per heavy atom. The van der Waals surface area contributed by atoms with Crippen LogP contribution < -0.4 is 4.72 Å². The molecule has 0 aliphatic carbocycles. The van der Waals surface area contributed by atoms with E-state index in [0.717, 1.165) is 6.26 Å². The lowest BCUT2D eigenvalue weighted by atomic mass is 11.2. The third-order valence-corrected chi connectivity index (χ3v) is 0.954. The van der Waals surface area contributed by atoms with Gasteiger partial charge in [-0.05, 0) is 5.53 Å². The first kappa shape index (κ1) is 8.73. The summed E-state index contributed by atoms with van der Waals surface area (Å²) in [5.74, 6) is 0. The van der Waals surface area contributed by atoms with Gasteiger partial charge in [-0.1, -0.05) is 0 Å². The quantitative estimate of drug-likeness (QED) is 0.333. The molecule has 0 fully saturated rings. The molecule has 0 unspecified atom stereocenters.